The fourth-order valence-corrected chi connectivity index (χ4v) is 10.9. The van der Waals surface area contributed by atoms with E-state index >= 15 is 0 Å². The Morgan fingerprint density at radius 3 is 2.19 bits per heavy atom. The molecule has 32 heavy (non-hydrogen) atoms. The van der Waals surface area contributed by atoms with Crippen molar-refractivity contribution in [3.63, 3.8) is 0 Å². The molecule has 0 heterocycles. The quantitative estimate of drug-likeness (QED) is 0.394. The van der Waals surface area contributed by atoms with Gasteiger partial charge in [0.05, 0.1) is 0 Å². The molecule has 0 aliphatic heterocycles. The number of fused-ring (bicyclic) bond motifs is 7. The zero-order chi connectivity index (χ0) is 23.5. The average Bonchev–Trinajstić information content (AvgIpc) is 2.71. The molecule has 0 aromatic carbocycles. The molecule has 0 spiro atoms. The van der Waals surface area contributed by atoms with Gasteiger partial charge in [-0.3, -0.25) is 9.59 Å². The summed E-state index contributed by atoms with van der Waals surface area (Å²) in [5, 5.41) is 0. The van der Waals surface area contributed by atoms with Crippen LogP contribution >= 0.6 is 0 Å². The van der Waals surface area contributed by atoms with E-state index < -0.39 is 0 Å². The summed E-state index contributed by atoms with van der Waals surface area (Å²) < 4.78 is 0. The highest BCUT2D eigenvalue weighted by Gasteiger charge is 2.70. The van der Waals surface area contributed by atoms with Crippen LogP contribution in [0.25, 0.3) is 0 Å². The lowest BCUT2D eigenvalue weighted by Gasteiger charge is -2.73. The van der Waals surface area contributed by atoms with Crippen molar-refractivity contribution >= 4 is 11.6 Å². The van der Waals surface area contributed by atoms with Crippen LogP contribution in [0.4, 0.5) is 0 Å². The lowest BCUT2D eigenvalue weighted by molar-refractivity contribution is -0.235. The van der Waals surface area contributed by atoms with Gasteiger partial charge in [-0.1, -0.05) is 54.0 Å². The molecule has 2 nitrogen and oxygen atoms in total. The molecule has 2 heteroatoms. The van der Waals surface area contributed by atoms with Crippen LogP contribution in [0, 0.1) is 56.7 Å². The van der Waals surface area contributed by atoms with E-state index in [0.29, 0.717) is 46.6 Å². The molecule has 0 amide bonds. The van der Waals surface area contributed by atoms with Crippen LogP contribution in [0.1, 0.15) is 107 Å². The third-order valence-corrected chi connectivity index (χ3v) is 13.2. The predicted octanol–water partition coefficient (Wildman–Crippen LogP) is 7.41. The van der Waals surface area contributed by atoms with E-state index in [4.69, 9.17) is 0 Å². The summed E-state index contributed by atoms with van der Waals surface area (Å²) in [6, 6.07) is 0. The molecule has 0 aromatic heterocycles. The van der Waals surface area contributed by atoms with E-state index in [-0.39, 0.29) is 21.7 Å². The average molecular weight is 439 g/mol. The van der Waals surface area contributed by atoms with E-state index in [1.54, 1.807) is 0 Å². The number of carbonyl (C=O) groups is 2. The zero-order valence-corrected chi connectivity index (χ0v) is 21.9. The minimum absolute atomic E-state index is 0.174. The van der Waals surface area contributed by atoms with Gasteiger partial charge < -0.3 is 0 Å². The second-order valence-corrected chi connectivity index (χ2v) is 14.3. The van der Waals surface area contributed by atoms with Crippen LogP contribution in [0.15, 0.2) is 11.6 Å². The van der Waals surface area contributed by atoms with Gasteiger partial charge in [-0.25, -0.2) is 0 Å². The summed E-state index contributed by atoms with van der Waals surface area (Å²) >= 11 is 0. The Hall–Kier alpha value is -0.920. The minimum atomic E-state index is -0.177. The van der Waals surface area contributed by atoms with Crippen molar-refractivity contribution < 1.29 is 9.59 Å². The Balaban J connectivity index is 1.57. The molecule has 0 aromatic rings. The van der Waals surface area contributed by atoms with Crippen molar-refractivity contribution in [1.82, 2.24) is 0 Å². The van der Waals surface area contributed by atoms with Crippen molar-refractivity contribution in [2.75, 3.05) is 0 Å². The van der Waals surface area contributed by atoms with E-state index in [2.05, 4.69) is 55.4 Å². The summed E-state index contributed by atoms with van der Waals surface area (Å²) in [7, 11) is 0. The number of allylic oxidation sites excluding steroid dienone is 2. The third-order valence-electron chi connectivity index (χ3n) is 13.2. The van der Waals surface area contributed by atoms with Crippen LogP contribution in [-0.2, 0) is 9.59 Å². The second kappa shape index (κ2) is 6.60. The molecule has 5 aliphatic carbocycles. The number of Topliss-reactive ketones (excluding diaryl/α,β-unsaturated/α-hetero) is 1. The van der Waals surface area contributed by atoms with E-state index in [1.807, 2.05) is 6.08 Å². The Kier molecular flexibility index (Phi) is 4.71. The first-order chi connectivity index (χ1) is 14.7. The van der Waals surface area contributed by atoms with Gasteiger partial charge in [0.2, 0.25) is 0 Å². The van der Waals surface area contributed by atoms with Crippen LogP contribution in [0.2, 0.25) is 0 Å². The molecule has 0 bridgehead atoms. The maximum Gasteiger partial charge on any atom is 0.161 e. The number of hydrogen-bond donors (Lipinski definition) is 0. The first-order valence-electron chi connectivity index (χ1n) is 13.5. The predicted molar refractivity (Wildman–Crippen MR) is 130 cm³/mol. The van der Waals surface area contributed by atoms with Gasteiger partial charge in [0.25, 0.3) is 0 Å². The first kappa shape index (κ1) is 22.9. The fourth-order valence-electron chi connectivity index (χ4n) is 10.9. The van der Waals surface area contributed by atoms with Gasteiger partial charge in [-0.2, -0.15) is 0 Å². The Morgan fingerprint density at radius 1 is 0.812 bits per heavy atom. The Morgan fingerprint density at radius 2 is 1.50 bits per heavy atom. The summed E-state index contributed by atoms with van der Waals surface area (Å²) in [5.41, 5.74) is 1.80. The van der Waals surface area contributed by atoms with E-state index in [0.717, 1.165) is 19.3 Å². The normalized spacial score (nSPS) is 54.6. The second-order valence-electron chi connectivity index (χ2n) is 14.3. The van der Waals surface area contributed by atoms with Gasteiger partial charge in [0.1, 0.15) is 5.78 Å². The molecule has 178 valence electrons. The van der Waals surface area contributed by atoms with E-state index in [1.165, 1.54) is 37.7 Å². The van der Waals surface area contributed by atoms with Gasteiger partial charge in [0.15, 0.2) is 5.78 Å². The van der Waals surface area contributed by atoms with Crippen LogP contribution in [-0.4, -0.2) is 11.6 Å². The van der Waals surface area contributed by atoms with Gasteiger partial charge >= 0.3 is 0 Å². The summed E-state index contributed by atoms with van der Waals surface area (Å²) in [6.07, 6.45) is 11.0. The first-order valence-corrected chi connectivity index (χ1v) is 13.5. The maximum atomic E-state index is 13.3. The van der Waals surface area contributed by atoms with Gasteiger partial charge in [-0.15, -0.1) is 0 Å². The number of rotatable bonds is 0. The summed E-state index contributed by atoms with van der Waals surface area (Å²) in [6.45, 7) is 19.2. The SMILES string of the molecule is CC1=CC(=O)[C@]2(C)CC[C@]3(C)[C@H](CC[C@@H]4[C@@]5(C)CCC(=O)C(C)(C)[C@@H]5CC[C@]43C)[C@H]2[C@@H]1C. The minimum Gasteiger partial charge on any atom is -0.299 e. The molecular formula is C30H46O2. The van der Waals surface area contributed by atoms with Gasteiger partial charge in [-0.05, 0) is 104 Å². The lowest BCUT2D eigenvalue weighted by Crippen LogP contribution is -2.67. The number of ketones is 2. The van der Waals surface area contributed by atoms with Crippen molar-refractivity contribution in [1.29, 1.82) is 0 Å². The largest absolute Gasteiger partial charge is 0.299 e. The van der Waals surface area contributed by atoms with Crippen molar-refractivity contribution in [2.45, 2.75) is 107 Å². The van der Waals surface area contributed by atoms with E-state index in [9.17, 15) is 9.59 Å². The topological polar surface area (TPSA) is 34.1 Å². The molecule has 5 aliphatic rings. The smallest absolute Gasteiger partial charge is 0.161 e. The summed E-state index contributed by atoms with van der Waals surface area (Å²) in [5.74, 6) is 3.71. The van der Waals surface area contributed by atoms with Crippen molar-refractivity contribution in [3.8, 4) is 0 Å². The molecule has 9 atom stereocenters. The lowest BCUT2D eigenvalue weighted by atomic mass is 9.31. The molecule has 0 unspecified atom stereocenters. The van der Waals surface area contributed by atoms with Crippen molar-refractivity contribution in [2.24, 2.45) is 56.7 Å². The van der Waals surface area contributed by atoms with Crippen LogP contribution in [0.5, 0.6) is 0 Å². The van der Waals surface area contributed by atoms with Crippen molar-refractivity contribution in [3.05, 3.63) is 11.6 Å². The highest BCUT2D eigenvalue weighted by Crippen LogP contribution is 2.76. The third kappa shape index (κ3) is 2.48. The monoisotopic (exact) mass is 438 g/mol. The maximum absolute atomic E-state index is 13.3. The highest BCUT2D eigenvalue weighted by molar-refractivity contribution is 5.96. The molecular weight excluding hydrogens is 392 g/mol. The molecule has 0 N–H and O–H groups in total. The van der Waals surface area contributed by atoms with Crippen LogP contribution < -0.4 is 0 Å². The molecule has 0 saturated heterocycles. The Bertz CT molecular complexity index is 897. The standard InChI is InChI=1S/C30H46O2/c1-18-17-24(32)28(6)15-16-29(7)20(25(28)19(18)2)9-10-22-27(5)13-12-23(31)26(3,4)21(27)11-14-30(22,29)8/h17,19-22,25H,9-16H2,1-8H3/t19-,20-,21+,22-,25-,27+,28+,29-,30-/m1/s1. The highest BCUT2D eigenvalue weighted by atomic mass is 16.1. The van der Waals surface area contributed by atoms with Gasteiger partial charge in [0, 0.05) is 17.3 Å². The zero-order valence-electron chi connectivity index (χ0n) is 21.9. The number of carbonyl (C=O) groups excluding carboxylic acids is 2. The summed E-state index contributed by atoms with van der Waals surface area (Å²) in [4.78, 5) is 26.2. The molecule has 5 rings (SSSR count). The van der Waals surface area contributed by atoms with Crippen LogP contribution in [0.3, 0.4) is 0 Å². The molecule has 4 fully saturated rings. The Labute approximate surface area is 196 Å². The molecule has 0 radical (unpaired) electrons. The fraction of sp³-hybridized carbons (Fsp3) is 0.867. The molecule has 4 saturated carbocycles. The number of hydrogen-bond acceptors (Lipinski definition) is 2.